The van der Waals surface area contributed by atoms with Crippen molar-refractivity contribution in [3.05, 3.63) is 60.2 Å². The number of fused-ring (bicyclic) bond motifs is 2. The Bertz CT molecular complexity index is 1420. The maximum absolute atomic E-state index is 13.1. The molecule has 200 valence electrons. The van der Waals surface area contributed by atoms with Crippen LogP contribution in [0.2, 0.25) is 0 Å². The minimum absolute atomic E-state index is 0.0529. The Kier molecular flexibility index (Phi) is 6.17. The Morgan fingerprint density at radius 1 is 0.553 bits per heavy atom. The van der Waals surface area contributed by atoms with E-state index in [9.17, 15) is 44.8 Å². The van der Waals surface area contributed by atoms with Crippen LogP contribution in [0.4, 0.5) is 8.78 Å². The molecule has 0 radical (unpaired) electrons. The smallest absolute Gasteiger partial charge is 0.272 e. The molecular weight excluding hydrogens is 554 g/mol. The number of hydroxylamine groups is 4. The van der Waals surface area contributed by atoms with Crippen LogP contribution in [0.15, 0.2) is 58.3 Å². The Morgan fingerprint density at radius 2 is 0.816 bits per heavy atom. The van der Waals surface area contributed by atoms with Crippen molar-refractivity contribution >= 4 is 43.9 Å². The van der Waals surface area contributed by atoms with Crippen LogP contribution in [-0.4, -0.2) is 50.6 Å². The van der Waals surface area contributed by atoms with E-state index in [2.05, 4.69) is 0 Å². The first-order valence-corrected chi connectivity index (χ1v) is 13.8. The van der Waals surface area contributed by atoms with Gasteiger partial charge in [0.15, 0.2) is 0 Å². The fourth-order valence-electron chi connectivity index (χ4n) is 4.75. The second-order valence-electron chi connectivity index (χ2n) is 8.80. The Hall–Kier alpha value is -3.60. The van der Waals surface area contributed by atoms with Gasteiger partial charge in [0.2, 0.25) is 0 Å². The molecule has 4 atom stereocenters. The summed E-state index contributed by atoms with van der Waals surface area (Å²) in [6, 6.07) is 6.85. The van der Waals surface area contributed by atoms with Gasteiger partial charge in [-0.15, -0.1) is 18.7 Å². The highest BCUT2D eigenvalue weighted by molar-refractivity contribution is 7.87. The maximum atomic E-state index is 13.1. The fraction of sp³-hybridized carbons (Fsp3) is 0.273. The number of hydrogen-bond acceptors (Lipinski definition) is 10. The molecule has 2 heterocycles. The van der Waals surface area contributed by atoms with E-state index >= 15 is 0 Å². The third-order valence-corrected chi connectivity index (χ3v) is 9.00. The Labute approximate surface area is 213 Å². The van der Waals surface area contributed by atoms with E-state index in [0.717, 1.165) is 48.5 Å². The van der Waals surface area contributed by atoms with Crippen LogP contribution in [-0.2, 0) is 48.0 Å². The van der Waals surface area contributed by atoms with Gasteiger partial charge in [0, 0.05) is 0 Å². The molecule has 4 amide bonds. The van der Waals surface area contributed by atoms with Crippen molar-refractivity contribution in [2.45, 2.75) is 22.6 Å². The van der Waals surface area contributed by atoms with Crippen molar-refractivity contribution in [1.82, 2.24) is 10.1 Å². The number of halogens is 2. The van der Waals surface area contributed by atoms with E-state index in [1.807, 2.05) is 0 Å². The summed E-state index contributed by atoms with van der Waals surface area (Å²) in [6.07, 6.45) is -0.755. The molecule has 2 saturated heterocycles. The van der Waals surface area contributed by atoms with Crippen LogP contribution >= 0.6 is 0 Å². The Balaban J connectivity index is 1.34. The lowest BCUT2D eigenvalue weighted by Crippen LogP contribution is -2.35. The number of imide groups is 2. The summed E-state index contributed by atoms with van der Waals surface area (Å²) < 4.78 is 85.8. The first-order valence-electron chi connectivity index (χ1n) is 11.0. The third-order valence-electron chi connectivity index (χ3n) is 6.61. The normalized spacial score (nSPS) is 25.6. The molecule has 0 N–H and O–H groups in total. The molecule has 4 unspecified atom stereocenters. The van der Waals surface area contributed by atoms with Gasteiger partial charge in [0.1, 0.15) is 11.6 Å². The van der Waals surface area contributed by atoms with Gasteiger partial charge < -0.3 is 0 Å². The first kappa shape index (κ1) is 26.0. The minimum Gasteiger partial charge on any atom is -0.272 e. The molecule has 3 aliphatic rings. The van der Waals surface area contributed by atoms with Crippen molar-refractivity contribution in [2.24, 2.45) is 23.7 Å². The summed E-state index contributed by atoms with van der Waals surface area (Å²) in [5, 5.41) is 0.106. The van der Waals surface area contributed by atoms with Gasteiger partial charge >= 0.3 is 20.2 Å². The van der Waals surface area contributed by atoms with Crippen molar-refractivity contribution < 1.29 is 53.4 Å². The van der Waals surface area contributed by atoms with Crippen molar-refractivity contribution in [3.8, 4) is 0 Å². The van der Waals surface area contributed by atoms with Crippen molar-refractivity contribution in [2.75, 3.05) is 0 Å². The lowest BCUT2D eigenvalue weighted by atomic mass is 9.70. The van der Waals surface area contributed by atoms with Crippen LogP contribution in [0.25, 0.3) is 0 Å². The van der Waals surface area contributed by atoms with E-state index < -0.39 is 89.0 Å². The van der Waals surface area contributed by atoms with Gasteiger partial charge in [-0.2, -0.15) is 16.8 Å². The highest BCUT2D eigenvalue weighted by Gasteiger charge is 2.61. The Morgan fingerprint density at radius 3 is 1.08 bits per heavy atom. The van der Waals surface area contributed by atoms with Gasteiger partial charge in [0.25, 0.3) is 23.6 Å². The second-order valence-corrected chi connectivity index (χ2v) is 11.9. The highest BCUT2D eigenvalue weighted by Crippen LogP contribution is 2.48. The minimum atomic E-state index is -4.70. The molecule has 1 saturated carbocycles. The van der Waals surface area contributed by atoms with Crippen LogP contribution in [0.1, 0.15) is 12.8 Å². The zero-order valence-electron chi connectivity index (χ0n) is 18.9. The monoisotopic (exact) mass is 570 g/mol. The van der Waals surface area contributed by atoms with Crippen molar-refractivity contribution in [1.29, 1.82) is 0 Å². The summed E-state index contributed by atoms with van der Waals surface area (Å²) in [4.78, 5) is 50.6. The molecule has 3 fully saturated rings. The predicted octanol–water partition coefficient (Wildman–Crippen LogP) is 0.902. The molecule has 0 bridgehead atoms. The highest BCUT2D eigenvalue weighted by atomic mass is 32.2. The molecule has 0 spiro atoms. The number of carbonyl (C=O) groups excluding carboxylic acids is 4. The van der Waals surface area contributed by atoms with Crippen LogP contribution in [0, 0.1) is 35.3 Å². The molecule has 2 aliphatic heterocycles. The first-order chi connectivity index (χ1) is 17.8. The van der Waals surface area contributed by atoms with E-state index in [0.29, 0.717) is 0 Å². The molecule has 2 aromatic rings. The number of benzene rings is 2. The summed E-state index contributed by atoms with van der Waals surface area (Å²) in [7, 11) is -9.40. The SMILES string of the molecule is O=C1C2CC3C(=O)N(OS(=O)(=O)c4ccc(F)cc4)C(=O)C3CC2C(=O)N1OS(=O)(=O)c1ccc(F)cc1. The van der Waals surface area contributed by atoms with Crippen LogP contribution < -0.4 is 0 Å². The van der Waals surface area contributed by atoms with Crippen LogP contribution in [0.3, 0.4) is 0 Å². The number of rotatable bonds is 6. The van der Waals surface area contributed by atoms with E-state index in [4.69, 9.17) is 8.57 Å². The standard InChI is InChI=1S/C22H16F2N2O10S2/c23-11-1-5-13(6-2-11)37(31,32)35-25-19(27)15-9-17-18(10-16(15)20(25)28)22(30)26(21(17)29)36-38(33,34)14-7-3-12(24)4-8-14/h1-8,15-18H,9-10H2. The zero-order valence-corrected chi connectivity index (χ0v) is 20.5. The van der Waals surface area contributed by atoms with E-state index in [-0.39, 0.29) is 23.0 Å². The third kappa shape index (κ3) is 4.28. The molecular formula is C22H16F2N2O10S2. The van der Waals surface area contributed by atoms with E-state index in [1.165, 1.54) is 0 Å². The van der Waals surface area contributed by atoms with Gasteiger partial charge in [-0.3, -0.25) is 19.2 Å². The van der Waals surface area contributed by atoms with E-state index in [1.54, 1.807) is 0 Å². The topological polar surface area (TPSA) is 161 Å². The fourth-order valence-corrected chi connectivity index (χ4v) is 6.54. The van der Waals surface area contributed by atoms with Crippen molar-refractivity contribution in [3.63, 3.8) is 0 Å². The van der Waals surface area contributed by atoms with Gasteiger partial charge in [0.05, 0.1) is 33.5 Å². The molecule has 16 heteroatoms. The lowest BCUT2D eigenvalue weighted by Gasteiger charge is -2.27. The largest absolute Gasteiger partial charge is 0.318 e. The quantitative estimate of drug-likeness (QED) is 0.456. The number of hydrogen-bond donors (Lipinski definition) is 0. The molecule has 0 aromatic heterocycles. The maximum Gasteiger partial charge on any atom is 0.318 e. The predicted molar refractivity (Wildman–Crippen MR) is 116 cm³/mol. The van der Waals surface area contributed by atoms with Gasteiger partial charge in [-0.25, -0.2) is 8.78 Å². The molecule has 1 aliphatic carbocycles. The zero-order chi connectivity index (χ0) is 27.6. The lowest BCUT2D eigenvalue weighted by molar-refractivity contribution is -0.166. The van der Waals surface area contributed by atoms with Gasteiger partial charge in [-0.1, -0.05) is 0 Å². The number of nitrogens with zero attached hydrogens (tertiary/aromatic N) is 2. The average molecular weight is 571 g/mol. The molecule has 12 nitrogen and oxygen atoms in total. The molecule has 2 aromatic carbocycles. The molecule has 5 rings (SSSR count). The summed E-state index contributed by atoms with van der Waals surface area (Å²) >= 11 is 0. The average Bonchev–Trinajstić information content (AvgIpc) is 3.23. The number of carbonyl (C=O) groups is 4. The summed E-state index contributed by atoms with van der Waals surface area (Å²) in [5.41, 5.74) is 0. The second kappa shape index (κ2) is 9.00. The van der Waals surface area contributed by atoms with Crippen LogP contribution in [0.5, 0.6) is 0 Å². The van der Waals surface area contributed by atoms with Gasteiger partial charge in [-0.05, 0) is 61.4 Å². The molecule has 38 heavy (non-hydrogen) atoms. The number of amides is 4. The summed E-state index contributed by atoms with van der Waals surface area (Å²) in [5.74, 6) is -10.6. The summed E-state index contributed by atoms with van der Waals surface area (Å²) in [6.45, 7) is 0.